The van der Waals surface area contributed by atoms with Crippen LogP contribution in [0.25, 0.3) is 0 Å². The lowest BCUT2D eigenvalue weighted by Crippen LogP contribution is -2.13. The molecule has 4 aromatic rings. The van der Waals surface area contributed by atoms with Crippen molar-refractivity contribution in [3.05, 3.63) is 106 Å². The summed E-state index contributed by atoms with van der Waals surface area (Å²) in [6.07, 6.45) is 0. The minimum Gasteiger partial charge on any atom is -0.489 e. The maximum atomic E-state index is 14.0. The number of benzene rings is 3. The number of halogens is 2. The average molecular weight is 496 g/mol. The number of carboxylic acids is 1. The third-order valence-corrected chi connectivity index (χ3v) is 5.55. The fourth-order valence-corrected chi connectivity index (χ4v) is 3.70. The summed E-state index contributed by atoms with van der Waals surface area (Å²) in [5, 5.41) is 12.9. The van der Waals surface area contributed by atoms with Crippen LogP contribution in [0.5, 0.6) is 11.5 Å². The average Bonchev–Trinajstić information content (AvgIpc) is 3.32. The number of aromatic nitrogens is 1. The Morgan fingerprint density at radius 1 is 0.886 bits per heavy atom. The molecule has 0 saturated heterocycles. The molecule has 0 bridgehead atoms. The Kier molecular flexibility index (Phi) is 7.32. The lowest BCUT2D eigenvalue weighted by Gasteiger charge is -2.13. The number of amides is 1. The Balaban J connectivity index is 1.56. The summed E-state index contributed by atoms with van der Waals surface area (Å²) in [6, 6.07) is 16.6. The Morgan fingerprint density at radius 2 is 1.43 bits per heavy atom. The first-order chi connectivity index (χ1) is 16.9. The fraction of sp³-hybridized carbons (Fsp3) is 0.0800. The summed E-state index contributed by atoms with van der Waals surface area (Å²) >= 11 is 0.958. The summed E-state index contributed by atoms with van der Waals surface area (Å²) in [6.45, 7) is -0.197. The number of aromatic carboxylic acids is 1. The van der Waals surface area contributed by atoms with Crippen molar-refractivity contribution in [2.45, 2.75) is 13.2 Å². The van der Waals surface area contributed by atoms with Gasteiger partial charge in [-0.05, 0) is 24.3 Å². The number of nitrogens with one attached hydrogen (secondary N) is 1. The number of ether oxygens (including phenoxy) is 2. The molecule has 1 heterocycles. The smallest absolute Gasteiger partial charge is 0.355 e. The molecule has 0 aliphatic carbocycles. The van der Waals surface area contributed by atoms with E-state index in [4.69, 9.17) is 14.6 Å². The van der Waals surface area contributed by atoms with Gasteiger partial charge in [-0.25, -0.2) is 18.6 Å². The van der Waals surface area contributed by atoms with E-state index in [-0.39, 0.29) is 41.1 Å². The maximum absolute atomic E-state index is 14.0. The minimum atomic E-state index is -1.21. The van der Waals surface area contributed by atoms with E-state index in [1.165, 1.54) is 35.7 Å². The van der Waals surface area contributed by atoms with Gasteiger partial charge in [0.1, 0.15) is 36.3 Å². The summed E-state index contributed by atoms with van der Waals surface area (Å²) in [5.41, 5.74) is 0.563. The van der Waals surface area contributed by atoms with Crippen LogP contribution in [0, 0.1) is 11.6 Å². The van der Waals surface area contributed by atoms with Crippen LogP contribution in [-0.4, -0.2) is 22.0 Å². The molecule has 0 atom stereocenters. The first kappa shape index (κ1) is 23.8. The Hall–Kier alpha value is -4.31. The molecule has 1 aromatic heterocycles. The van der Waals surface area contributed by atoms with E-state index in [9.17, 15) is 18.4 Å². The number of nitrogens with zero attached hydrogens (tertiary/aromatic N) is 1. The molecule has 0 aliphatic rings. The quantitative estimate of drug-likeness (QED) is 0.316. The number of carboxylic acid groups (broad SMARTS) is 1. The summed E-state index contributed by atoms with van der Waals surface area (Å²) < 4.78 is 39.4. The molecule has 0 unspecified atom stereocenters. The summed E-state index contributed by atoms with van der Waals surface area (Å²) in [5.74, 6) is -2.24. The van der Waals surface area contributed by atoms with Crippen LogP contribution < -0.4 is 14.8 Å². The monoisotopic (exact) mass is 496 g/mol. The van der Waals surface area contributed by atoms with E-state index in [0.717, 1.165) is 11.3 Å². The van der Waals surface area contributed by atoms with Gasteiger partial charge in [-0.15, -0.1) is 11.3 Å². The molecule has 2 N–H and O–H groups in total. The topological polar surface area (TPSA) is 97.8 Å². The van der Waals surface area contributed by atoms with Crippen LogP contribution in [0.3, 0.4) is 0 Å². The van der Waals surface area contributed by atoms with Crippen molar-refractivity contribution < 1.29 is 33.0 Å². The molecule has 1 amide bonds. The summed E-state index contributed by atoms with van der Waals surface area (Å²) in [7, 11) is 0. The van der Waals surface area contributed by atoms with Gasteiger partial charge in [0.15, 0.2) is 10.8 Å². The lowest BCUT2D eigenvalue weighted by molar-refractivity contribution is 0.0691. The van der Waals surface area contributed by atoms with Crippen molar-refractivity contribution >= 4 is 28.3 Å². The van der Waals surface area contributed by atoms with Crippen molar-refractivity contribution in [1.82, 2.24) is 4.98 Å². The second-order valence-corrected chi connectivity index (χ2v) is 8.11. The van der Waals surface area contributed by atoms with Crippen molar-refractivity contribution in [1.29, 1.82) is 0 Å². The van der Waals surface area contributed by atoms with Crippen LogP contribution >= 0.6 is 11.3 Å². The van der Waals surface area contributed by atoms with E-state index in [2.05, 4.69) is 10.3 Å². The highest BCUT2D eigenvalue weighted by Gasteiger charge is 2.15. The molecule has 0 radical (unpaired) electrons. The number of carbonyl (C=O) groups excluding carboxylic acids is 1. The van der Waals surface area contributed by atoms with Gasteiger partial charge in [-0.2, -0.15) is 0 Å². The van der Waals surface area contributed by atoms with E-state index in [1.54, 1.807) is 36.4 Å². The SMILES string of the molecule is O=C(Nc1nc(C(=O)O)cs1)c1cc(OCc2ccccc2F)cc(OCc2ccccc2F)c1. The van der Waals surface area contributed by atoms with E-state index in [1.807, 2.05) is 0 Å². The first-order valence-electron chi connectivity index (χ1n) is 10.3. The zero-order chi connectivity index (χ0) is 24.8. The Morgan fingerprint density at radius 3 is 1.91 bits per heavy atom. The molecule has 10 heteroatoms. The summed E-state index contributed by atoms with van der Waals surface area (Å²) in [4.78, 5) is 27.7. The van der Waals surface area contributed by atoms with Crippen LogP contribution in [0.1, 0.15) is 32.0 Å². The lowest BCUT2D eigenvalue weighted by atomic mass is 10.1. The van der Waals surface area contributed by atoms with Crippen molar-refractivity contribution in [2.75, 3.05) is 5.32 Å². The minimum absolute atomic E-state index is 0.0962. The van der Waals surface area contributed by atoms with Crippen LogP contribution in [0.4, 0.5) is 13.9 Å². The Labute approximate surface area is 202 Å². The highest BCUT2D eigenvalue weighted by molar-refractivity contribution is 7.14. The second kappa shape index (κ2) is 10.7. The number of hydrogen-bond donors (Lipinski definition) is 2. The van der Waals surface area contributed by atoms with Gasteiger partial charge in [0.2, 0.25) is 0 Å². The van der Waals surface area contributed by atoms with E-state index in [0.29, 0.717) is 11.1 Å². The number of rotatable bonds is 9. The van der Waals surface area contributed by atoms with Gasteiger partial charge >= 0.3 is 5.97 Å². The number of anilines is 1. The Bertz CT molecular complexity index is 1310. The number of thiazole rings is 1. The van der Waals surface area contributed by atoms with Gasteiger partial charge in [0.05, 0.1) is 0 Å². The van der Waals surface area contributed by atoms with Crippen LogP contribution in [0.15, 0.2) is 72.1 Å². The molecule has 0 fully saturated rings. The van der Waals surface area contributed by atoms with Crippen molar-refractivity contribution in [2.24, 2.45) is 0 Å². The van der Waals surface area contributed by atoms with Crippen LogP contribution in [-0.2, 0) is 13.2 Å². The van der Waals surface area contributed by atoms with E-state index < -0.39 is 23.5 Å². The van der Waals surface area contributed by atoms with Crippen LogP contribution in [0.2, 0.25) is 0 Å². The third kappa shape index (κ3) is 6.18. The largest absolute Gasteiger partial charge is 0.489 e. The highest BCUT2D eigenvalue weighted by atomic mass is 32.1. The molecule has 35 heavy (non-hydrogen) atoms. The van der Waals surface area contributed by atoms with Gasteiger partial charge in [0.25, 0.3) is 5.91 Å². The number of hydrogen-bond acceptors (Lipinski definition) is 6. The number of carbonyl (C=O) groups is 2. The zero-order valence-electron chi connectivity index (χ0n) is 18.0. The van der Waals surface area contributed by atoms with Gasteiger partial charge in [0, 0.05) is 28.1 Å². The molecule has 3 aromatic carbocycles. The molecule has 178 valence electrons. The zero-order valence-corrected chi connectivity index (χ0v) is 18.9. The van der Waals surface area contributed by atoms with Crippen molar-refractivity contribution in [3.8, 4) is 11.5 Å². The third-order valence-electron chi connectivity index (χ3n) is 4.79. The molecule has 0 aliphatic heterocycles. The highest BCUT2D eigenvalue weighted by Crippen LogP contribution is 2.26. The molecule has 0 spiro atoms. The predicted molar refractivity (Wildman–Crippen MR) is 125 cm³/mol. The first-order valence-corrected chi connectivity index (χ1v) is 11.1. The van der Waals surface area contributed by atoms with Gasteiger partial charge < -0.3 is 14.6 Å². The maximum Gasteiger partial charge on any atom is 0.355 e. The molecular formula is C25H18F2N2O5S. The molecule has 4 rings (SSSR count). The fourth-order valence-electron chi connectivity index (χ4n) is 3.02. The molecule has 0 saturated carbocycles. The van der Waals surface area contributed by atoms with Crippen molar-refractivity contribution in [3.63, 3.8) is 0 Å². The van der Waals surface area contributed by atoms with Gasteiger partial charge in [-0.1, -0.05) is 36.4 Å². The molecular weight excluding hydrogens is 478 g/mol. The molecule has 7 nitrogen and oxygen atoms in total. The standard InChI is InChI=1S/C25H18F2N2O5S/c26-20-7-3-1-5-15(20)12-33-18-9-17(23(30)29-25-28-22(14-35-25)24(31)32)10-19(11-18)34-13-16-6-2-4-8-21(16)27/h1-11,14H,12-13H2,(H,31,32)(H,28,29,30). The van der Waals surface area contributed by atoms with Gasteiger partial charge in [-0.3, -0.25) is 10.1 Å². The second-order valence-electron chi connectivity index (χ2n) is 7.25. The predicted octanol–water partition coefficient (Wildman–Crippen LogP) is 5.53. The van der Waals surface area contributed by atoms with E-state index >= 15 is 0 Å². The normalized spacial score (nSPS) is 10.6.